The van der Waals surface area contributed by atoms with E-state index in [-0.39, 0.29) is 11.7 Å². The van der Waals surface area contributed by atoms with Crippen molar-refractivity contribution in [1.29, 1.82) is 0 Å². The molecule has 8 nitrogen and oxygen atoms in total. The number of hydrogen-bond acceptors (Lipinski definition) is 7. The molecule has 26 heavy (non-hydrogen) atoms. The van der Waals surface area contributed by atoms with Gasteiger partial charge in [-0.15, -0.1) is 0 Å². The lowest BCUT2D eigenvalue weighted by Gasteiger charge is -2.33. The van der Waals surface area contributed by atoms with Crippen LogP contribution in [-0.4, -0.2) is 79.8 Å². The fraction of sp³-hybridized carbons (Fsp3) is 0.500. The first-order chi connectivity index (χ1) is 12.4. The van der Waals surface area contributed by atoms with Crippen LogP contribution >= 0.6 is 11.8 Å². The molecule has 1 amide bonds. The smallest absolute Gasteiger partial charge is 0.257 e. The van der Waals surface area contributed by atoms with Crippen LogP contribution < -0.4 is 5.32 Å². The molecule has 0 atom stereocenters. The summed E-state index contributed by atoms with van der Waals surface area (Å²) in [6.07, 6.45) is 1.23. The molecule has 0 unspecified atom stereocenters. The second-order valence-corrected chi connectivity index (χ2v) is 9.00. The van der Waals surface area contributed by atoms with Gasteiger partial charge in [-0.2, -0.15) is 4.31 Å². The molecule has 1 aromatic heterocycles. The number of thioether (sulfide) groups is 1. The first-order valence-electron chi connectivity index (χ1n) is 8.34. The number of amides is 1. The lowest BCUT2D eigenvalue weighted by atomic mass is 10.3. The Labute approximate surface area is 157 Å². The molecule has 0 spiro atoms. The third-order valence-corrected chi connectivity index (χ3v) is 6.28. The van der Waals surface area contributed by atoms with Crippen LogP contribution in [-0.2, 0) is 14.8 Å². The Hall–Kier alpha value is -1.62. The van der Waals surface area contributed by atoms with Gasteiger partial charge >= 0.3 is 0 Å². The fourth-order valence-corrected chi connectivity index (χ4v) is 4.22. The Kier molecular flexibility index (Phi) is 6.17. The third kappa shape index (κ3) is 5.19. The molecule has 0 saturated carbocycles. The largest absolute Gasteiger partial charge is 0.431 e. The van der Waals surface area contributed by atoms with Crippen LogP contribution in [0.4, 0.5) is 0 Å². The van der Waals surface area contributed by atoms with Gasteiger partial charge in [0.05, 0.1) is 12.0 Å². The zero-order valence-corrected chi connectivity index (χ0v) is 16.2. The summed E-state index contributed by atoms with van der Waals surface area (Å²) in [6.45, 7) is 3.60. The van der Waals surface area contributed by atoms with E-state index in [1.807, 2.05) is 24.3 Å². The summed E-state index contributed by atoms with van der Waals surface area (Å²) in [5.41, 5.74) is 1.49. The van der Waals surface area contributed by atoms with E-state index in [1.54, 1.807) is 0 Å². The number of carbonyl (C=O) groups excluding carboxylic acids is 1. The molecular weight excluding hydrogens is 376 g/mol. The monoisotopic (exact) mass is 398 g/mol. The van der Waals surface area contributed by atoms with E-state index >= 15 is 0 Å². The molecule has 1 aromatic carbocycles. The van der Waals surface area contributed by atoms with Crippen molar-refractivity contribution in [3.05, 3.63) is 24.3 Å². The number of rotatable bonds is 7. The summed E-state index contributed by atoms with van der Waals surface area (Å²) in [5.74, 6) is 0.168. The topological polar surface area (TPSA) is 95.8 Å². The molecule has 1 aliphatic heterocycles. The van der Waals surface area contributed by atoms with Crippen LogP contribution in [0.15, 0.2) is 33.9 Å². The van der Waals surface area contributed by atoms with Gasteiger partial charge in [0, 0.05) is 39.3 Å². The van der Waals surface area contributed by atoms with Crippen molar-refractivity contribution in [2.24, 2.45) is 0 Å². The predicted octanol–water partition coefficient (Wildman–Crippen LogP) is 0.613. The maximum Gasteiger partial charge on any atom is 0.257 e. The van der Waals surface area contributed by atoms with Crippen LogP contribution in [0, 0.1) is 0 Å². The van der Waals surface area contributed by atoms with Gasteiger partial charge in [0.15, 0.2) is 5.58 Å². The van der Waals surface area contributed by atoms with Crippen LogP contribution in [0.2, 0.25) is 0 Å². The van der Waals surface area contributed by atoms with E-state index < -0.39 is 10.0 Å². The summed E-state index contributed by atoms with van der Waals surface area (Å²) in [6, 6.07) is 7.48. The molecule has 0 aliphatic carbocycles. The average Bonchev–Trinajstić information content (AvgIpc) is 3.03. The standard InChI is InChI=1S/C16H22N4O4S2/c1-26(22,23)20-10-8-19(9-11-20)7-6-17-15(21)12-25-16-18-13-4-2-3-5-14(13)24-16/h2-5H,6-12H2,1H3,(H,17,21). The lowest BCUT2D eigenvalue weighted by Crippen LogP contribution is -2.50. The molecular formula is C16H22N4O4S2. The van der Waals surface area contributed by atoms with Crippen molar-refractivity contribution >= 4 is 38.8 Å². The third-order valence-electron chi connectivity index (χ3n) is 4.15. The highest BCUT2D eigenvalue weighted by atomic mass is 32.2. The number of hydrogen-bond donors (Lipinski definition) is 1. The summed E-state index contributed by atoms with van der Waals surface area (Å²) >= 11 is 1.27. The summed E-state index contributed by atoms with van der Waals surface area (Å²) < 4.78 is 30.0. The average molecular weight is 399 g/mol. The fourth-order valence-electron chi connectivity index (χ4n) is 2.73. The molecule has 142 valence electrons. The van der Waals surface area contributed by atoms with Crippen LogP contribution in [0.5, 0.6) is 0 Å². The molecule has 1 saturated heterocycles. The first kappa shape index (κ1) is 19.2. The minimum atomic E-state index is -3.11. The van der Waals surface area contributed by atoms with Crippen molar-refractivity contribution in [1.82, 2.24) is 19.5 Å². The number of fused-ring (bicyclic) bond motifs is 1. The molecule has 1 aliphatic rings. The lowest BCUT2D eigenvalue weighted by molar-refractivity contribution is -0.118. The predicted molar refractivity (Wildman–Crippen MR) is 101 cm³/mol. The summed E-state index contributed by atoms with van der Waals surface area (Å²) in [5, 5.41) is 3.36. The second-order valence-electron chi connectivity index (χ2n) is 6.09. The van der Waals surface area contributed by atoms with Crippen LogP contribution in [0.1, 0.15) is 0 Å². The maximum atomic E-state index is 11.9. The number of aromatic nitrogens is 1. The van der Waals surface area contributed by atoms with Gasteiger partial charge in [0.2, 0.25) is 15.9 Å². The number of nitrogens with zero attached hydrogens (tertiary/aromatic N) is 3. The van der Waals surface area contributed by atoms with Gasteiger partial charge in [-0.1, -0.05) is 23.9 Å². The molecule has 1 fully saturated rings. The normalized spacial score (nSPS) is 16.8. The van der Waals surface area contributed by atoms with Crippen molar-refractivity contribution in [3.63, 3.8) is 0 Å². The van der Waals surface area contributed by atoms with E-state index in [2.05, 4.69) is 15.2 Å². The Morgan fingerprint density at radius 3 is 2.69 bits per heavy atom. The Morgan fingerprint density at radius 1 is 1.27 bits per heavy atom. The quantitative estimate of drug-likeness (QED) is 0.683. The van der Waals surface area contributed by atoms with E-state index in [0.29, 0.717) is 50.1 Å². The molecule has 2 heterocycles. The molecule has 2 aromatic rings. The minimum absolute atomic E-state index is 0.0768. The highest BCUT2D eigenvalue weighted by Gasteiger charge is 2.22. The highest BCUT2D eigenvalue weighted by Crippen LogP contribution is 2.22. The van der Waals surface area contributed by atoms with Gasteiger partial charge in [0.25, 0.3) is 5.22 Å². The Balaban J connectivity index is 1.34. The minimum Gasteiger partial charge on any atom is -0.431 e. The van der Waals surface area contributed by atoms with E-state index in [4.69, 9.17) is 4.42 Å². The van der Waals surface area contributed by atoms with Crippen molar-refractivity contribution in [2.45, 2.75) is 5.22 Å². The zero-order valence-electron chi connectivity index (χ0n) is 14.6. The number of oxazole rings is 1. The SMILES string of the molecule is CS(=O)(=O)N1CCN(CCNC(=O)CSc2nc3ccccc3o2)CC1. The van der Waals surface area contributed by atoms with Crippen LogP contribution in [0.25, 0.3) is 11.1 Å². The summed E-state index contributed by atoms with van der Waals surface area (Å²) in [7, 11) is -3.11. The zero-order chi connectivity index (χ0) is 18.6. The number of para-hydroxylation sites is 2. The number of benzene rings is 1. The van der Waals surface area contributed by atoms with Gasteiger partial charge in [0.1, 0.15) is 5.52 Å². The van der Waals surface area contributed by atoms with Crippen LogP contribution in [0.3, 0.4) is 0 Å². The van der Waals surface area contributed by atoms with Gasteiger partial charge in [-0.25, -0.2) is 13.4 Å². The van der Waals surface area contributed by atoms with Crippen molar-refractivity contribution in [3.8, 4) is 0 Å². The van der Waals surface area contributed by atoms with Crippen molar-refractivity contribution in [2.75, 3.05) is 51.3 Å². The number of piperazine rings is 1. The number of sulfonamides is 1. The molecule has 3 rings (SSSR count). The maximum absolute atomic E-state index is 11.9. The van der Waals surface area contributed by atoms with E-state index in [9.17, 15) is 13.2 Å². The Morgan fingerprint density at radius 2 is 2.00 bits per heavy atom. The van der Waals surface area contributed by atoms with Crippen molar-refractivity contribution < 1.29 is 17.6 Å². The van der Waals surface area contributed by atoms with Gasteiger partial charge in [-0.3, -0.25) is 9.69 Å². The highest BCUT2D eigenvalue weighted by molar-refractivity contribution is 7.99. The number of carbonyl (C=O) groups is 1. The van der Waals surface area contributed by atoms with E-state index in [0.717, 1.165) is 5.52 Å². The molecule has 10 heteroatoms. The second kappa shape index (κ2) is 8.38. The molecule has 0 radical (unpaired) electrons. The number of nitrogens with one attached hydrogen (secondary N) is 1. The Bertz CT molecular complexity index is 827. The van der Waals surface area contributed by atoms with Gasteiger partial charge in [-0.05, 0) is 12.1 Å². The first-order valence-corrected chi connectivity index (χ1v) is 11.2. The summed E-state index contributed by atoms with van der Waals surface area (Å²) in [4.78, 5) is 18.4. The van der Waals surface area contributed by atoms with E-state index in [1.165, 1.54) is 22.3 Å². The molecule has 0 bridgehead atoms. The molecule has 1 N–H and O–H groups in total. The van der Waals surface area contributed by atoms with Gasteiger partial charge < -0.3 is 9.73 Å².